The van der Waals surface area contributed by atoms with Gasteiger partial charge in [0.1, 0.15) is 0 Å². The molecule has 0 unspecified atom stereocenters. The van der Waals surface area contributed by atoms with Crippen molar-refractivity contribution < 1.29 is 8.42 Å². The lowest BCUT2D eigenvalue weighted by Gasteiger charge is -2.27. The van der Waals surface area contributed by atoms with Gasteiger partial charge in [0, 0.05) is 57.3 Å². The van der Waals surface area contributed by atoms with Gasteiger partial charge in [-0.3, -0.25) is 9.58 Å². The molecule has 1 aliphatic heterocycles. The van der Waals surface area contributed by atoms with Gasteiger partial charge >= 0.3 is 0 Å². The van der Waals surface area contributed by atoms with Gasteiger partial charge in [0.05, 0.1) is 11.4 Å². The zero-order valence-electron chi connectivity index (χ0n) is 12.0. The lowest BCUT2D eigenvalue weighted by atomic mass is 10.1. The van der Waals surface area contributed by atoms with Crippen LogP contribution in [0.2, 0.25) is 0 Å². The van der Waals surface area contributed by atoms with E-state index in [1.807, 2.05) is 17.8 Å². The number of aromatic nitrogens is 4. The van der Waals surface area contributed by atoms with Crippen LogP contribution in [0.25, 0.3) is 0 Å². The highest BCUT2D eigenvalue weighted by Gasteiger charge is 2.21. The Balaban J connectivity index is 1.79. The first-order valence-corrected chi connectivity index (χ1v) is 8.57. The fourth-order valence-electron chi connectivity index (χ4n) is 2.46. The molecule has 0 saturated heterocycles. The first kappa shape index (κ1) is 14.2. The lowest BCUT2D eigenvalue weighted by molar-refractivity contribution is 0.236. The predicted octanol–water partition coefficient (Wildman–Crippen LogP) is 0.172. The van der Waals surface area contributed by atoms with E-state index < -0.39 is 9.84 Å². The third-order valence-corrected chi connectivity index (χ3v) is 4.49. The van der Waals surface area contributed by atoms with Crippen molar-refractivity contribution in [3.05, 3.63) is 35.4 Å². The first-order chi connectivity index (χ1) is 9.93. The van der Waals surface area contributed by atoms with Gasteiger partial charge in [-0.25, -0.2) is 18.4 Å². The van der Waals surface area contributed by atoms with Crippen molar-refractivity contribution in [2.45, 2.75) is 24.7 Å². The van der Waals surface area contributed by atoms with E-state index in [1.165, 1.54) is 0 Å². The van der Waals surface area contributed by atoms with Gasteiger partial charge in [0.2, 0.25) is 15.0 Å². The van der Waals surface area contributed by atoms with E-state index in [9.17, 15) is 8.42 Å². The Hall–Kier alpha value is -1.80. The summed E-state index contributed by atoms with van der Waals surface area (Å²) in [5.74, 6) is 0. The van der Waals surface area contributed by atoms with Crippen LogP contribution in [-0.2, 0) is 36.4 Å². The molecule has 2 aromatic heterocycles. The molecular formula is C13H17N5O2S. The molecule has 0 fully saturated rings. The zero-order chi connectivity index (χ0) is 15.0. The van der Waals surface area contributed by atoms with Crippen molar-refractivity contribution in [1.82, 2.24) is 24.6 Å². The van der Waals surface area contributed by atoms with Crippen LogP contribution >= 0.6 is 0 Å². The SMILES string of the molecule is Cn1nccc1CN1CCc2nc(S(C)(=O)=O)ncc2C1. The molecule has 7 nitrogen and oxygen atoms in total. The molecule has 21 heavy (non-hydrogen) atoms. The van der Waals surface area contributed by atoms with E-state index in [0.717, 1.165) is 49.3 Å². The van der Waals surface area contributed by atoms with Crippen molar-refractivity contribution in [2.75, 3.05) is 12.8 Å². The number of hydrogen-bond donors (Lipinski definition) is 0. The van der Waals surface area contributed by atoms with Crippen LogP contribution in [0.3, 0.4) is 0 Å². The number of aryl methyl sites for hydroxylation is 1. The highest BCUT2D eigenvalue weighted by atomic mass is 32.2. The molecule has 0 bridgehead atoms. The minimum atomic E-state index is -3.34. The van der Waals surface area contributed by atoms with E-state index in [2.05, 4.69) is 20.0 Å². The highest BCUT2D eigenvalue weighted by Crippen LogP contribution is 2.19. The molecule has 0 aliphatic carbocycles. The van der Waals surface area contributed by atoms with Crippen molar-refractivity contribution >= 4 is 9.84 Å². The van der Waals surface area contributed by atoms with Crippen LogP contribution in [0.4, 0.5) is 0 Å². The van der Waals surface area contributed by atoms with E-state index in [4.69, 9.17) is 0 Å². The van der Waals surface area contributed by atoms with Crippen LogP contribution in [-0.4, -0.2) is 45.9 Å². The largest absolute Gasteiger partial charge is 0.293 e. The molecule has 0 radical (unpaired) electrons. The number of rotatable bonds is 3. The minimum absolute atomic E-state index is 0.0821. The number of hydrogen-bond acceptors (Lipinski definition) is 6. The van der Waals surface area contributed by atoms with Crippen LogP contribution in [0.1, 0.15) is 17.0 Å². The summed E-state index contributed by atoms with van der Waals surface area (Å²) in [6, 6.07) is 2.00. The molecule has 8 heteroatoms. The molecule has 3 heterocycles. The Kier molecular flexibility index (Phi) is 3.50. The Morgan fingerprint density at radius 2 is 2.19 bits per heavy atom. The molecule has 3 rings (SSSR count). The zero-order valence-corrected chi connectivity index (χ0v) is 12.8. The quantitative estimate of drug-likeness (QED) is 0.752. The fraction of sp³-hybridized carbons (Fsp3) is 0.462. The molecule has 0 spiro atoms. The minimum Gasteiger partial charge on any atom is -0.293 e. The van der Waals surface area contributed by atoms with E-state index in [0.29, 0.717) is 0 Å². The second kappa shape index (κ2) is 5.19. The summed E-state index contributed by atoms with van der Waals surface area (Å²) in [6.45, 7) is 2.38. The van der Waals surface area contributed by atoms with Gasteiger partial charge in [-0.05, 0) is 6.07 Å². The average Bonchev–Trinajstić information content (AvgIpc) is 2.82. The molecule has 1 aliphatic rings. The Labute approximate surface area is 123 Å². The standard InChI is InChI=1S/C13H17N5O2S/c1-17-11(3-5-15-17)9-18-6-4-12-10(8-18)7-14-13(16-12)21(2,19)20/h3,5,7H,4,6,8-9H2,1-2H3. The summed E-state index contributed by atoms with van der Waals surface area (Å²) in [7, 11) is -1.42. The first-order valence-electron chi connectivity index (χ1n) is 6.67. The van der Waals surface area contributed by atoms with Gasteiger partial charge in [0.15, 0.2) is 0 Å². The molecule has 2 aromatic rings. The third-order valence-electron chi connectivity index (χ3n) is 3.63. The summed E-state index contributed by atoms with van der Waals surface area (Å²) in [4.78, 5) is 10.4. The summed E-state index contributed by atoms with van der Waals surface area (Å²) in [5.41, 5.74) is 2.98. The predicted molar refractivity (Wildman–Crippen MR) is 76.2 cm³/mol. The monoisotopic (exact) mass is 307 g/mol. The van der Waals surface area contributed by atoms with Crippen LogP contribution in [0.15, 0.2) is 23.6 Å². The number of sulfone groups is 1. The molecule has 0 aromatic carbocycles. The normalized spacial score (nSPS) is 15.9. The molecule has 0 atom stereocenters. The molecule has 112 valence electrons. The summed E-state index contributed by atoms with van der Waals surface area (Å²) < 4.78 is 24.8. The van der Waals surface area contributed by atoms with Gasteiger partial charge in [0.25, 0.3) is 0 Å². The van der Waals surface area contributed by atoms with E-state index >= 15 is 0 Å². The van der Waals surface area contributed by atoms with Crippen LogP contribution in [0.5, 0.6) is 0 Å². The van der Waals surface area contributed by atoms with Crippen LogP contribution in [0, 0.1) is 0 Å². The van der Waals surface area contributed by atoms with Gasteiger partial charge in [-0.1, -0.05) is 0 Å². The third kappa shape index (κ3) is 2.96. The maximum absolute atomic E-state index is 11.5. The summed E-state index contributed by atoms with van der Waals surface area (Å²) >= 11 is 0. The fourth-order valence-corrected chi connectivity index (χ4v) is 2.98. The van der Waals surface area contributed by atoms with Gasteiger partial charge in [-0.2, -0.15) is 5.10 Å². The van der Waals surface area contributed by atoms with Crippen molar-refractivity contribution in [3.63, 3.8) is 0 Å². The molecule has 0 saturated carbocycles. The lowest BCUT2D eigenvalue weighted by Crippen LogP contribution is -2.32. The van der Waals surface area contributed by atoms with Crippen molar-refractivity contribution in [1.29, 1.82) is 0 Å². The molecular weight excluding hydrogens is 290 g/mol. The van der Waals surface area contributed by atoms with Crippen molar-refractivity contribution in [2.24, 2.45) is 7.05 Å². The average molecular weight is 307 g/mol. The topological polar surface area (TPSA) is 81.0 Å². The maximum atomic E-state index is 11.5. The molecule has 0 amide bonds. The van der Waals surface area contributed by atoms with Crippen LogP contribution < -0.4 is 0 Å². The van der Waals surface area contributed by atoms with Crippen molar-refractivity contribution in [3.8, 4) is 0 Å². The second-order valence-electron chi connectivity index (χ2n) is 5.30. The number of fused-ring (bicyclic) bond motifs is 1. The maximum Gasteiger partial charge on any atom is 0.246 e. The molecule has 0 N–H and O–H groups in total. The van der Waals surface area contributed by atoms with E-state index in [1.54, 1.807) is 12.4 Å². The second-order valence-corrected chi connectivity index (χ2v) is 7.21. The Morgan fingerprint density at radius 1 is 1.38 bits per heavy atom. The summed E-state index contributed by atoms with van der Waals surface area (Å²) in [6.07, 6.45) is 5.29. The van der Waals surface area contributed by atoms with Gasteiger partial charge in [-0.15, -0.1) is 0 Å². The smallest absolute Gasteiger partial charge is 0.246 e. The van der Waals surface area contributed by atoms with Gasteiger partial charge < -0.3 is 0 Å². The Morgan fingerprint density at radius 3 is 2.86 bits per heavy atom. The van der Waals surface area contributed by atoms with E-state index in [-0.39, 0.29) is 5.16 Å². The summed E-state index contributed by atoms with van der Waals surface area (Å²) in [5, 5.41) is 4.08. The highest BCUT2D eigenvalue weighted by molar-refractivity contribution is 7.90. The number of nitrogens with zero attached hydrogens (tertiary/aromatic N) is 5. The Bertz CT molecular complexity index is 769.